The lowest BCUT2D eigenvalue weighted by Crippen LogP contribution is -2.25. The van der Waals surface area contributed by atoms with Gasteiger partial charge in [-0.2, -0.15) is 13.2 Å². The molecule has 6 nitrogen and oxygen atoms in total. The number of aliphatic carboxylic acids is 1. The minimum Gasteiger partial charge on any atom is -0.550 e. The number of benzene rings is 2. The maximum absolute atomic E-state index is 13.0. The van der Waals surface area contributed by atoms with Gasteiger partial charge in [-0.25, -0.2) is 0 Å². The lowest BCUT2D eigenvalue weighted by Gasteiger charge is -2.15. The molecule has 2 amide bonds. The second kappa shape index (κ2) is 8.35. The summed E-state index contributed by atoms with van der Waals surface area (Å²) < 4.78 is 39.1. The van der Waals surface area contributed by atoms with E-state index in [-0.39, 0.29) is 17.7 Å². The Morgan fingerprint density at radius 3 is 2.07 bits per heavy atom. The molecule has 0 saturated heterocycles. The van der Waals surface area contributed by atoms with Gasteiger partial charge in [-0.05, 0) is 30.7 Å². The molecule has 27 heavy (non-hydrogen) atoms. The molecule has 0 spiro atoms. The highest BCUT2D eigenvalue weighted by Crippen LogP contribution is 2.34. The van der Waals surface area contributed by atoms with Crippen molar-refractivity contribution in [2.75, 3.05) is 10.6 Å². The zero-order chi connectivity index (χ0) is 20.0. The molecule has 0 aromatic heterocycles. The Hall–Kier alpha value is -3.36. The van der Waals surface area contributed by atoms with E-state index in [0.717, 1.165) is 12.1 Å². The normalized spacial score (nSPS) is 10.9. The number of nitrogens with one attached hydrogen (secondary N) is 2. The number of alkyl halides is 3. The van der Waals surface area contributed by atoms with Gasteiger partial charge in [-0.3, -0.25) is 9.59 Å². The monoisotopic (exact) mass is 379 g/mol. The van der Waals surface area contributed by atoms with Crippen LogP contribution in [0.4, 0.5) is 24.5 Å². The van der Waals surface area contributed by atoms with Crippen molar-refractivity contribution in [2.45, 2.75) is 19.0 Å². The van der Waals surface area contributed by atoms with Gasteiger partial charge in [0.2, 0.25) is 5.91 Å². The van der Waals surface area contributed by atoms with Crippen molar-refractivity contribution >= 4 is 29.2 Å². The van der Waals surface area contributed by atoms with Gasteiger partial charge >= 0.3 is 6.18 Å². The minimum absolute atomic E-state index is 0.0443. The van der Waals surface area contributed by atoms with Crippen LogP contribution in [-0.4, -0.2) is 17.8 Å². The summed E-state index contributed by atoms with van der Waals surface area (Å²) in [6, 6.07) is 10.2. The van der Waals surface area contributed by atoms with E-state index in [1.165, 1.54) is 36.4 Å². The van der Waals surface area contributed by atoms with E-state index in [4.69, 9.17) is 0 Å². The molecular formula is C18H14F3N2O4-. The summed E-state index contributed by atoms with van der Waals surface area (Å²) in [5, 5.41) is 14.9. The average Bonchev–Trinajstić information content (AvgIpc) is 2.60. The van der Waals surface area contributed by atoms with Crippen LogP contribution >= 0.6 is 0 Å². The number of hydrogen-bond donors (Lipinski definition) is 2. The molecule has 2 aromatic rings. The second-order valence-corrected chi connectivity index (χ2v) is 5.46. The summed E-state index contributed by atoms with van der Waals surface area (Å²) in [6.07, 6.45) is -5.52. The number of carboxylic acid groups (broad SMARTS) is 1. The van der Waals surface area contributed by atoms with Crippen LogP contribution in [0.25, 0.3) is 0 Å². The van der Waals surface area contributed by atoms with Gasteiger partial charge in [0.1, 0.15) is 0 Å². The van der Waals surface area contributed by atoms with E-state index < -0.39 is 41.6 Å². The summed E-state index contributed by atoms with van der Waals surface area (Å²) in [6.45, 7) is 0. The molecule has 0 aliphatic heterocycles. The zero-order valence-corrected chi connectivity index (χ0v) is 13.8. The largest absolute Gasteiger partial charge is 0.550 e. The van der Waals surface area contributed by atoms with Crippen LogP contribution in [0.2, 0.25) is 0 Å². The zero-order valence-electron chi connectivity index (χ0n) is 13.8. The van der Waals surface area contributed by atoms with E-state index in [1.54, 1.807) is 0 Å². The third kappa shape index (κ3) is 5.56. The molecule has 0 radical (unpaired) electrons. The van der Waals surface area contributed by atoms with E-state index in [1.807, 2.05) is 0 Å². The number of carbonyl (C=O) groups excluding carboxylic acids is 3. The molecule has 0 atom stereocenters. The van der Waals surface area contributed by atoms with Crippen LogP contribution in [0.15, 0.2) is 48.5 Å². The predicted octanol–water partition coefficient (Wildman–Crippen LogP) is 2.43. The van der Waals surface area contributed by atoms with Gasteiger partial charge in [-0.15, -0.1) is 0 Å². The molecule has 142 valence electrons. The Morgan fingerprint density at radius 2 is 1.44 bits per heavy atom. The number of anilines is 2. The number of carbonyl (C=O) groups is 3. The molecule has 2 rings (SSSR count). The fourth-order valence-corrected chi connectivity index (χ4v) is 2.25. The topological polar surface area (TPSA) is 98.3 Å². The van der Waals surface area contributed by atoms with Crippen molar-refractivity contribution in [2.24, 2.45) is 0 Å². The molecule has 0 saturated carbocycles. The highest BCUT2D eigenvalue weighted by Gasteiger charge is 2.33. The number of halogens is 3. The van der Waals surface area contributed by atoms with Crippen molar-refractivity contribution in [3.8, 4) is 0 Å². The SMILES string of the molecule is O=C([O-])CCC(=O)Nc1ccccc1C(=O)Nc1ccccc1C(F)(F)F. The quantitative estimate of drug-likeness (QED) is 0.805. The third-order valence-electron chi connectivity index (χ3n) is 3.48. The van der Waals surface area contributed by atoms with Gasteiger partial charge in [-0.1, -0.05) is 24.3 Å². The van der Waals surface area contributed by atoms with Crippen LogP contribution in [0.1, 0.15) is 28.8 Å². The Kier molecular flexibility index (Phi) is 6.17. The number of hydrogen-bond acceptors (Lipinski definition) is 4. The Morgan fingerprint density at radius 1 is 0.852 bits per heavy atom. The van der Waals surface area contributed by atoms with Crippen molar-refractivity contribution in [1.29, 1.82) is 0 Å². The van der Waals surface area contributed by atoms with Crippen LogP contribution < -0.4 is 15.7 Å². The van der Waals surface area contributed by atoms with Gasteiger partial charge in [0.15, 0.2) is 0 Å². The Labute approximate surface area is 152 Å². The van der Waals surface area contributed by atoms with E-state index in [0.29, 0.717) is 0 Å². The molecular weight excluding hydrogens is 365 g/mol. The molecule has 0 aliphatic rings. The smallest absolute Gasteiger partial charge is 0.418 e. The Balaban J connectivity index is 2.21. The maximum atomic E-state index is 13.0. The first-order valence-electron chi connectivity index (χ1n) is 7.75. The Bertz CT molecular complexity index is 866. The average molecular weight is 379 g/mol. The van der Waals surface area contributed by atoms with Crippen LogP contribution in [0.3, 0.4) is 0 Å². The predicted molar refractivity (Wildman–Crippen MR) is 88.7 cm³/mol. The van der Waals surface area contributed by atoms with Gasteiger partial charge in [0.25, 0.3) is 5.91 Å². The molecule has 0 unspecified atom stereocenters. The van der Waals surface area contributed by atoms with E-state index >= 15 is 0 Å². The molecule has 2 aromatic carbocycles. The molecule has 2 N–H and O–H groups in total. The first-order chi connectivity index (χ1) is 12.7. The highest BCUT2D eigenvalue weighted by molar-refractivity contribution is 6.10. The summed E-state index contributed by atoms with van der Waals surface area (Å²) in [7, 11) is 0. The second-order valence-electron chi connectivity index (χ2n) is 5.46. The number of para-hydroxylation sites is 2. The van der Waals surface area contributed by atoms with Gasteiger partial charge < -0.3 is 20.5 Å². The van der Waals surface area contributed by atoms with Crippen molar-refractivity contribution < 1.29 is 32.7 Å². The first kappa shape index (κ1) is 20.0. The maximum Gasteiger partial charge on any atom is 0.418 e. The minimum atomic E-state index is -4.65. The van der Waals surface area contributed by atoms with Crippen molar-refractivity contribution in [3.63, 3.8) is 0 Å². The highest BCUT2D eigenvalue weighted by atomic mass is 19.4. The summed E-state index contributed by atoms with van der Waals surface area (Å²) in [5.74, 6) is -2.93. The number of rotatable bonds is 6. The fraction of sp³-hybridized carbons (Fsp3) is 0.167. The van der Waals surface area contributed by atoms with Crippen LogP contribution in [0, 0.1) is 0 Å². The lowest BCUT2D eigenvalue weighted by atomic mass is 10.1. The molecule has 9 heteroatoms. The number of carboxylic acids is 1. The summed E-state index contributed by atoms with van der Waals surface area (Å²) in [4.78, 5) is 34.6. The molecule has 0 heterocycles. The standard InChI is InChI=1S/C18H15F3N2O4/c19-18(20,21)12-6-2-4-8-14(12)23-17(27)11-5-1-3-7-13(11)22-15(24)9-10-16(25)26/h1-8H,9-10H2,(H,22,24)(H,23,27)(H,25,26)/p-1. The number of amides is 2. The van der Waals surface area contributed by atoms with Gasteiger partial charge in [0, 0.05) is 12.4 Å². The van der Waals surface area contributed by atoms with Gasteiger partial charge in [0.05, 0.1) is 22.5 Å². The summed E-state index contributed by atoms with van der Waals surface area (Å²) in [5.41, 5.74) is -1.46. The van der Waals surface area contributed by atoms with Crippen molar-refractivity contribution in [1.82, 2.24) is 0 Å². The summed E-state index contributed by atoms with van der Waals surface area (Å²) >= 11 is 0. The lowest BCUT2D eigenvalue weighted by molar-refractivity contribution is -0.305. The van der Waals surface area contributed by atoms with E-state index in [2.05, 4.69) is 10.6 Å². The van der Waals surface area contributed by atoms with Crippen LogP contribution in [-0.2, 0) is 15.8 Å². The van der Waals surface area contributed by atoms with E-state index in [9.17, 15) is 32.7 Å². The molecule has 0 fully saturated rings. The van der Waals surface area contributed by atoms with Crippen molar-refractivity contribution in [3.05, 3.63) is 59.7 Å². The fourth-order valence-electron chi connectivity index (χ4n) is 2.25. The molecule has 0 bridgehead atoms. The third-order valence-corrected chi connectivity index (χ3v) is 3.48. The first-order valence-corrected chi connectivity index (χ1v) is 7.75. The van der Waals surface area contributed by atoms with Crippen LogP contribution in [0.5, 0.6) is 0 Å². The molecule has 0 aliphatic carbocycles.